The average Bonchev–Trinajstić information content (AvgIpc) is 2.17. The highest BCUT2D eigenvalue weighted by atomic mass is 16.5. The highest BCUT2D eigenvalue weighted by molar-refractivity contribution is 5.89. The van der Waals surface area contributed by atoms with Gasteiger partial charge in [-0.3, -0.25) is 10.7 Å². The van der Waals surface area contributed by atoms with E-state index in [0.29, 0.717) is 5.56 Å². The number of nitrogens with zero attached hydrogens (tertiary/aromatic N) is 1. The van der Waals surface area contributed by atoms with E-state index >= 15 is 0 Å². The minimum Gasteiger partial charge on any atom is -0.465 e. The molecule has 0 atom stereocenters. The van der Waals surface area contributed by atoms with Crippen molar-refractivity contribution in [2.45, 2.75) is 0 Å². The molecule has 5 heteroatoms. The van der Waals surface area contributed by atoms with Gasteiger partial charge in [0, 0.05) is 6.20 Å². The van der Waals surface area contributed by atoms with Crippen molar-refractivity contribution in [3.8, 4) is 0 Å². The van der Waals surface area contributed by atoms with Crippen molar-refractivity contribution >= 4 is 11.8 Å². The normalized spacial score (nSPS) is 9.17. The van der Waals surface area contributed by atoms with Crippen LogP contribution >= 0.6 is 0 Å². The van der Waals surface area contributed by atoms with Crippen LogP contribution < -0.4 is 5.48 Å². The maximum atomic E-state index is 10.9. The molecule has 1 aromatic rings. The first-order valence-electron chi connectivity index (χ1n) is 3.22. The van der Waals surface area contributed by atoms with Crippen LogP contribution in [-0.2, 0) is 4.74 Å². The first-order valence-corrected chi connectivity index (χ1v) is 3.22. The number of carbonyl (C=O) groups excluding carboxylic acids is 1. The van der Waals surface area contributed by atoms with Crippen molar-refractivity contribution < 1.29 is 14.7 Å². The van der Waals surface area contributed by atoms with E-state index in [-0.39, 0.29) is 5.82 Å². The summed E-state index contributed by atoms with van der Waals surface area (Å²) in [5, 5.41) is 8.40. The lowest BCUT2D eigenvalue weighted by Crippen LogP contribution is -2.02. The lowest BCUT2D eigenvalue weighted by Gasteiger charge is -1.99. The van der Waals surface area contributed by atoms with Crippen LogP contribution in [0.4, 0.5) is 5.82 Å². The molecule has 0 amide bonds. The van der Waals surface area contributed by atoms with Crippen molar-refractivity contribution in [3.05, 3.63) is 23.9 Å². The number of pyridine rings is 1. The summed E-state index contributed by atoms with van der Waals surface area (Å²) in [5.41, 5.74) is 2.19. The van der Waals surface area contributed by atoms with Crippen molar-refractivity contribution in [1.29, 1.82) is 0 Å². The molecule has 2 N–H and O–H groups in total. The third-order valence-electron chi connectivity index (χ3n) is 1.30. The molecular formula is C7H8N2O3. The molecule has 1 rings (SSSR count). The molecule has 0 aliphatic carbocycles. The zero-order chi connectivity index (χ0) is 8.97. The summed E-state index contributed by atoms with van der Waals surface area (Å²) < 4.78 is 4.45. The third-order valence-corrected chi connectivity index (χ3v) is 1.30. The van der Waals surface area contributed by atoms with E-state index in [1.54, 1.807) is 0 Å². The highest BCUT2D eigenvalue weighted by Crippen LogP contribution is 2.04. The molecule has 0 unspecified atom stereocenters. The molecule has 64 valence electrons. The van der Waals surface area contributed by atoms with Crippen molar-refractivity contribution in [1.82, 2.24) is 4.98 Å². The summed E-state index contributed by atoms with van der Waals surface area (Å²) in [7, 11) is 1.29. The zero-order valence-corrected chi connectivity index (χ0v) is 6.44. The third kappa shape index (κ3) is 1.70. The van der Waals surface area contributed by atoms with Gasteiger partial charge in [-0.15, -0.1) is 0 Å². The molecule has 0 aliphatic heterocycles. The summed E-state index contributed by atoms with van der Waals surface area (Å²) in [5.74, 6) is -0.172. The molecule has 0 aromatic carbocycles. The van der Waals surface area contributed by atoms with Gasteiger partial charge < -0.3 is 4.74 Å². The highest BCUT2D eigenvalue weighted by Gasteiger charge is 2.04. The van der Waals surface area contributed by atoms with Crippen molar-refractivity contribution in [2.24, 2.45) is 0 Å². The van der Waals surface area contributed by atoms with Crippen LogP contribution in [0.25, 0.3) is 0 Å². The van der Waals surface area contributed by atoms with Gasteiger partial charge in [-0.25, -0.2) is 9.78 Å². The van der Waals surface area contributed by atoms with E-state index in [4.69, 9.17) is 5.21 Å². The van der Waals surface area contributed by atoms with Crippen LogP contribution in [-0.4, -0.2) is 23.3 Å². The smallest absolute Gasteiger partial charge is 0.339 e. The van der Waals surface area contributed by atoms with Gasteiger partial charge >= 0.3 is 5.97 Å². The molecule has 0 fully saturated rings. The van der Waals surface area contributed by atoms with E-state index < -0.39 is 5.97 Å². The molecular weight excluding hydrogens is 160 g/mol. The lowest BCUT2D eigenvalue weighted by molar-refractivity contribution is 0.0600. The molecule has 0 radical (unpaired) electrons. The predicted octanol–water partition coefficient (Wildman–Crippen LogP) is 0.669. The van der Waals surface area contributed by atoms with E-state index in [1.807, 2.05) is 5.48 Å². The largest absolute Gasteiger partial charge is 0.465 e. The number of methoxy groups -OCH3 is 1. The second-order valence-corrected chi connectivity index (χ2v) is 2.04. The van der Waals surface area contributed by atoms with Gasteiger partial charge in [-0.05, 0) is 12.1 Å². The number of hydrogen-bond acceptors (Lipinski definition) is 5. The molecule has 0 bridgehead atoms. The fraction of sp³-hybridized carbons (Fsp3) is 0.143. The van der Waals surface area contributed by atoms with Gasteiger partial charge in [0.1, 0.15) is 5.82 Å². The Morgan fingerprint density at radius 1 is 1.67 bits per heavy atom. The molecule has 12 heavy (non-hydrogen) atoms. The Balaban J connectivity index is 2.84. The Morgan fingerprint density at radius 2 is 2.42 bits per heavy atom. The minimum atomic E-state index is -0.452. The monoisotopic (exact) mass is 168 g/mol. The molecule has 1 aromatic heterocycles. The number of carbonyl (C=O) groups is 1. The van der Waals surface area contributed by atoms with E-state index in [0.717, 1.165) is 0 Å². The Labute approximate surface area is 69.0 Å². The van der Waals surface area contributed by atoms with Crippen LogP contribution in [0.3, 0.4) is 0 Å². The second-order valence-electron chi connectivity index (χ2n) is 2.04. The summed E-state index contributed by atoms with van der Waals surface area (Å²) >= 11 is 0. The Hall–Kier alpha value is -1.62. The molecule has 5 nitrogen and oxygen atoms in total. The fourth-order valence-corrected chi connectivity index (χ4v) is 0.699. The topological polar surface area (TPSA) is 71.5 Å². The number of esters is 1. The Morgan fingerprint density at radius 3 is 2.83 bits per heavy atom. The summed E-state index contributed by atoms with van der Waals surface area (Å²) in [4.78, 5) is 14.6. The second kappa shape index (κ2) is 3.68. The van der Waals surface area contributed by atoms with Crippen LogP contribution in [0.1, 0.15) is 10.4 Å². The average molecular weight is 168 g/mol. The maximum absolute atomic E-state index is 10.9. The van der Waals surface area contributed by atoms with Gasteiger partial charge in [0.15, 0.2) is 0 Å². The summed E-state index contributed by atoms with van der Waals surface area (Å²) in [6, 6.07) is 2.96. The van der Waals surface area contributed by atoms with E-state index in [2.05, 4.69) is 9.72 Å². The number of aromatic nitrogens is 1. The number of rotatable bonds is 2. The molecule has 0 spiro atoms. The van der Waals surface area contributed by atoms with E-state index in [9.17, 15) is 4.79 Å². The van der Waals surface area contributed by atoms with Gasteiger partial charge in [-0.2, -0.15) is 0 Å². The SMILES string of the molecule is COC(=O)c1ccc(NO)nc1. The molecule has 0 saturated carbocycles. The summed E-state index contributed by atoms with van der Waals surface area (Å²) in [6.07, 6.45) is 1.31. The minimum absolute atomic E-state index is 0.280. The van der Waals surface area contributed by atoms with Crippen LogP contribution in [0.15, 0.2) is 18.3 Å². The molecule has 0 aliphatic rings. The van der Waals surface area contributed by atoms with Crippen LogP contribution in [0, 0.1) is 0 Å². The fourth-order valence-electron chi connectivity index (χ4n) is 0.699. The zero-order valence-electron chi connectivity index (χ0n) is 6.44. The summed E-state index contributed by atoms with van der Waals surface area (Å²) in [6.45, 7) is 0. The van der Waals surface area contributed by atoms with Crippen molar-refractivity contribution in [2.75, 3.05) is 12.6 Å². The van der Waals surface area contributed by atoms with E-state index in [1.165, 1.54) is 25.4 Å². The maximum Gasteiger partial charge on any atom is 0.339 e. The predicted molar refractivity (Wildman–Crippen MR) is 41.0 cm³/mol. The Kier molecular flexibility index (Phi) is 2.60. The first kappa shape index (κ1) is 8.48. The van der Waals surface area contributed by atoms with Gasteiger partial charge in [-0.1, -0.05) is 0 Å². The first-order chi connectivity index (χ1) is 5.77. The molecule has 0 saturated heterocycles. The standard InChI is InChI=1S/C7H8N2O3/c1-12-7(10)5-2-3-6(9-11)8-4-5/h2-4,11H,1H3,(H,8,9). The molecule has 1 heterocycles. The Bertz CT molecular complexity index is 270. The van der Waals surface area contributed by atoms with Crippen LogP contribution in [0.5, 0.6) is 0 Å². The number of nitrogens with one attached hydrogen (secondary N) is 1. The lowest BCUT2D eigenvalue weighted by atomic mass is 10.3. The number of anilines is 1. The number of hydrogen-bond donors (Lipinski definition) is 2. The van der Waals surface area contributed by atoms with Crippen LogP contribution in [0.2, 0.25) is 0 Å². The quantitative estimate of drug-likeness (QED) is 0.501. The number of ether oxygens (including phenoxy) is 1. The van der Waals surface area contributed by atoms with Crippen molar-refractivity contribution in [3.63, 3.8) is 0 Å². The van der Waals surface area contributed by atoms with Gasteiger partial charge in [0.2, 0.25) is 0 Å². The van der Waals surface area contributed by atoms with Gasteiger partial charge in [0.05, 0.1) is 12.7 Å². The van der Waals surface area contributed by atoms with Gasteiger partial charge in [0.25, 0.3) is 0 Å².